The third-order valence-electron chi connectivity index (χ3n) is 2.49. The first-order chi connectivity index (χ1) is 7.91. The molecule has 0 heterocycles. The van der Waals surface area contributed by atoms with Gasteiger partial charge in [0.1, 0.15) is 6.61 Å². The first-order valence-electron chi connectivity index (χ1n) is 5.47. The van der Waals surface area contributed by atoms with Gasteiger partial charge < -0.3 is 9.84 Å². The van der Waals surface area contributed by atoms with E-state index >= 15 is 0 Å². The SMILES string of the molecule is Cc1ccc([N+](=O)[O-])c(OCC(O)C(C)C)c1. The van der Waals surface area contributed by atoms with Crippen molar-refractivity contribution < 1.29 is 14.8 Å². The van der Waals surface area contributed by atoms with Gasteiger partial charge >= 0.3 is 5.69 Å². The molecule has 0 aliphatic rings. The van der Waals surface area contributed by atoms with Crippen LogP contribution in [0.15, 0.2) is 18.2 Å². The summed E-state index contributed by atoms with van der Waals surface area (Å²) in [5.41, 5.74) is 0.802. The zero-order valence-corrected chi connectivity index (χ0v) is 10.2. The van der Waals surface area contributed by atoms with Crippen LogP contribution in [0.5, 0.6) is 5.75 Å². The van der Waals surface area contributed by atoms with Crippen molar-refractivity contribution in [2.45, 2.75) is 26.9 Å². The Morgan fingerprint density at radius 1 is 1.47 bits per heavy atom. The number of aliphatic hydroxyl groups is 1. The molecular formula is C12H17NO4. The fourth-order valence-corrected chi connectivity index (χ4v) is 1.26. The maximum absolute atomic E-state index is 10.8. The first kappa shape index (κ1) is 13.4. The molecule has 1 aromatic rings. The second-order valence-corrected chi connectivity index (χ2v) is 4.35. The van der Waals surface area contributed by atoms with Crippen molar-refractivity contribution >= 4 is 5.69 Å². The summed E-state index contributed by atoms with van der Waals surface area (Å²) in [5.74, 6) is 0.258. The number of benzene rings is 1. The molecule has 1 unspecified atom stereocenters. The van der Waals surface area contributed by atoms with Crippen molar-refractivity contribution in [3.05, 3.63) is 33.9 Å². The molecule has 0 saturated carbocycles. The number of aliphatic hydroxyl groups excluding tert-OH is 1. The number of rotatable bonds is 5. The predicted octanol–water partition coefficient (Wildman–Crippen LogP) is 2.30. The molecule has 0 spiro atoms. The molecule has 0 aliphatic heterocycles. The molecule has 17 heavy (non-hydrogen) atoms. The average Bonchev–Trinajstić information content (AvgIpc) is 2.25. The Labute approximate surface area is 100 Å². The van der Waals surface area contributed by atoms with Crippen LogP contribution in [-0.2, 0) is 0 Å². The van der Waals surface area contributed by atoms with Gasteiger partial charge in [-0.1, -0.05) is 19.9 Å². The minimum Gasteiger partial charge on any atom is -0.484 e. The summed E-state index contributed by atoms with van der Waals surface area (Å²) >= 11 is 0. The summed E-state index contributed by atoms with van der Waals surface area (Å²) in [6, 6.07) is 4.67. The number of nitro groups is 1. The Balaban J connectivity index is 2.82. The van der Waals surface area contributed by atoms with Gasteiger partial charge in [-0.25, -0.2) is 0 Å². The van der Waals surface area contributed by atoms with Crippen molar-refractivity contribution in [2.75, 3.05) is 6.61 Å². The van der Waals surface area contributed by atoms with Crippen LogP contribution in [0.25, 0.3) is 0 Å². The molecule has 0 saturated heterocycles. The number of ether oxygens (including phenoxy) is 1. The van der Waals surface area contributed by atoms with Crippen molar-refractivity contribution in [1.29, 1.82) is 0 Å². The molecule has 5 heteroatoms. The lowest BCUT2D eigenvalue weighted by Gasteiger charge is -2.15. The van der Waals surface area contributed by atoms with Gasteiger partial charge in [-0.15, -0.1) is 0 Å². The van der Waals surface area contributed by atoms with E-state index in [1.54, 1.807) is 12.1 Å². The maximum atomic E-state index is 10.8. The Morgan fingerprint density at radius 2 is 2.12 bits per heavy atom. The molecule has 1 rings (SSSR count). The quantitative estimate of drug-likeness (QED) is 0.632. The first-order valence-corrected chi connectivity index (χ1v) is 5.47. The molecule has 94 valence electrons. The van der Waals surface area contributed by atoms with E-state index in [1.165, 1.54) is 6.07 Å². The Bertz CT molecular complexity index is 403. The zero-order chi connectivity index (χ0) is 13.0. The summed E-state index contributed by atoms with van der Waals surface area (Å²) in [6.07, 6.45) is -0.630. The van der Waals surface area contributed by atoms with E-state index in [1.807, 2.05) is 20.8 Å². The van der Waals surface area contributed by atoms with Crippen LogP contribution in [-0.4, -0.2) is 22.7 Å². The molecule has 1 atom stereocenters. The van der Waals surface area contributed by atoms with Gasteiger partial charge in [0.25, 0.3) is 0 Å². The molecular weight excluding hydrogens is 222 g/mol. The highest BCUT2D eigenvalue weighted by atomic mass is 16.6. The normalized spacial score (nSPS) is 12.5. The zero-order valence-electron chi connectivity index (χ0n) is 10.2. The summed E-state index contributed by atoms with van der Waals surface area (Å²) in [5, 5.41) is 20.4. The van der Waals surface area contributed by atoms with Crippen LogP contribution in [0.4, 0.5) is 5.69 Å². The number of hydrogen-bond acceptors (Lipinski definition) is 4. The van der Waals surface area contributed by atoms with Crippen LogP contribution in [0, 0.1) is 23.0 Å². The van der Waals surface area contributed by atoms with Gasteiger partial charge in [0, 0.05) is 6.07 Å². The van der Waals surface area contributed by atoms with E-state index in [-0.39, 0.29) is 24.0 Å². The van der Waals surface area contributed by atoms with Gasteiger partial charge in [0.2, 0.25) is 0 Å². The van der Waals surface area contributed by atoms with Crippen molar-refractivity contribution in [2.24, 2.45) is 5.92 Å². The van der Waals surface area contributed by atoms with Gasteiger partial charge in [0.05, 0.1) is 11.0 Å². The lowest BCUT2D eigenvalue weighted by molar-refractivity contribution is -0.385. The second kappa shape index (κ2) is 5.63. The summed E-state index contributed by atoms with van der Waals surface area (Å²) < 4.78 is 5.31. The summed E-state index contributed by atoms with van der Waals surface area (Å²) in [6.45, 7) is 5.61. The third-order valence-corrected chi connectivity index (χ3v) is 2.49. The number of nitro benzene ring substituents is 1. The molecule has 0 aliphatic carbocycles. The van der Waals surface area contributed by atoms with E-state index in [0.717, 1.165) is 5.56 Å². The minimum absolute atomic E-state index is 0.0545. The molecule has 0 aromatic heterocycles. The highest BCUT2D eigenvalue weighted by Gasteiger charge is 2.17. The molecule has 1 N–H and O–H groups in total. The Kier molecular flexibility index (Phi) is 4.45. The predicted molar refractivity (Wildman–Crippen MR) is 64.2 cm³/mol. The highest BCUT2D eigenvalue weighted by Crippen LogP contribution is 2.28. The maximum Gasteiger partial charge on any atom is 0.310 e. The standard InChI is InChI=1S/C12H17NO4/c1-8(2)11(14)7-17-12-6-9(3)4-5-10(12)13(15)16/h4-6,8,11,14H,7H2,1-3H3. The molecule has 5 nitrogen and oxygen atoms in total. The highest BCUT2D eigenvalue weighted by molar-refractivity contribution is 5.48. The molecule has 0 fully saturated rings. The molecule has 0 bridgehead atoms. The number of aryl methyl sites for hydroxylation is 1. The monoisotopic (exact) mass is 239 g/mol. The van der Waals surface area contributed by atoms with Crippen LogP contribution < -0.4 is 4.74 Å². The minimum atomic E-state index is -0.630. The Hall–Kier alpha value is -1.62. The fraction of sp³-hybridized carbons (Fsp3) is 0.500. The lowest BCUT2D eigenvalue weighted by Crippen LogP contribution is -2.23. The largest absolute Gasteiger partial charge is 0.484 e. The van der Waals surface area contributed by atoms with Crippen LogP contribution in [0.2, 0.25) is 0 Å². The van der Waals surface area contributed by atoms with E-state index in [4.69, 9.17) is 4.74 Å². The fourth-order valence-electron chi connectivity index (χ4n) is 1.26. The number of hydrogen-bond donors (Lipinski definition) is 1. The van der Waals surface area contributed by atoms with Gasteiger partial charge in [-0.05, 0) is 24.5 Å². The van der Waals surface area contributed by atoms with Crippen LogP contribution in [0.1, 0.15) is 19.4 Å². The molecule has 0 radical (unpaired) electrons. The second-order valence-electron chi connectivity index (χ2n) is 4.35. The van der Waals surface area contributed by atoms with Crippen LogP contribution in [0.3, 0.4) is 0 Å². The smallest absolute Gasteiger partial charge is 0.310 e. The van der Waals surface area contributed by atoms with Gasteiger partial charge in [-0.2, -0.15) is 0 Å². The van der Waals surface area contributed by atoms with E-state index in [2.05, 4.69) is 0 Å². The van der Waals surface area contributed by atoms with Gasteiger partial charge in [-0.3, -0.25) is 10.1 Å². The van der Waals surface area contributed by atoms with E-state index < -0.39 is 11.0 Å². The lowest BCUT2D eigenvalue weighted by atomic mass is 10.1. The third kappa shape index (κ3) is 3.71. The average molecular weight is 239 g/mol. The van der Waals surface area contributed by atoms with Crippen LogP contribution >= 0.6 is 0 Å². The van der Waals surface area contributed by atoms with Crippen molar-refractivity contribution in [1.82, 2.24) is 0 Å². The van der Waals surface area contributed by atoms with Crippen molar-refractivity contribution in [3.8, 4) is 5.75 Å². The van der Waals surface area contributed by atoms with Crippen molar-refractivity contribution in [3.63, 3.8) is 0 Å². The molecule has 0 amide bonds. The summed E-state index contributed by atoms with van der Waals surface area (Å²) in [4.78, 5) is 10.3. The number of nitrogens with zero attached hydrogens (tertiary/aromatic N) is 1. The topological polar surface area (TPSA) is 72.6 Å². The molecule has 1 aromatic carbocycles. The van der Waals surface area contributed by atoms with Gasteiger partial charge in [0.15, 0.2) is 5.75 Å². The summed E-state index contributed by atoms with van der Waals surface area (Å²) in [7, 11) is 0. The van der Waals surface area contributed by atoms with E-state index in [0.29, 0.717) is 0 Å². The Morgan fingerprint density at radius 3 is 2.65 bits per heavy atom. The van der Waals surface area contributed by atoms with E-state index in [9.17, 15) is 15.2 Å².